The SMILES string of the molecule is CCC(N)C(SC1CCOC1C)c1ccc(Cl)s1. The van der Waals surface area contributed by atoms with Gasteiger partial charge in [0.1, 0.15) is 0 Å². The number of thiophene rings is 1. The van der Waals surface area contributed by atoms with E-state index in [1.807, 2.05) is 17.8 Å². The Bertz CT molecular complexity index is 385. The van der Waals surface area contributed by atoms with Gasteiger partial charge in [0.05, 0.1) is 15.7 Å². The molecule has 0 amide bonds. The molecule has 2 rings (SSSR count). The molecule has 0 spiro atoms. The van der Waals surface area contributed by atoms with Crippen LogP contribution in [-0.4, -0.2) is 24.0 Å². The zero-order valence-corrected chi connectivity index (χ0v) is 13.2. The average molecular weight is 306 g/mol. The van der Waals surface area contributed by atoms with E-state index in [0.29, 0.717) is 16.6 Å². The van der Waals surface area contributed by atoms with Gasteiger partial charge in [-0.15, -0.1) is 23.1 Å². The third kappa shape index (κ3) is 3.42. The molecule has 1 aromatic rings. The van der Waals surface area contributed by atoms with Crippen LogP contribution in [0.25, 0.3) is 0 Å². The minimum absolute atomic E-state index is 0.178. The van der Waals surface area contributed by atoms with Crippen LogP contribution in [0.15, 0.2) is 12.1 Å². The topological polar surface area (TPSA) is 35.2 Å². The lowest BCUT2D eigenvalue weighted by Gasteiger charge is -2.25. The van der Waals surface area contributed by atoms with Gasteiger partial charge in [-0.2, -0.15) is 0 Å². The van der Waals surface area contributed by atoms with Crippen molar-refractivity contribution in [1.82, 2.24) is 0 Å². The maximum absolute atomic E-state index is 6.28. The summed E-state index contributed by atoms with van der Waals surface area (Å²) in [6.07, 6.45) is 2.43. The minimum Gasteiger partial charge on any atom is -0.377 e. The van der Waals surface area contributed by atoms with Crippen LogP contribution in [-0.2, 0) is 4.74 Å². The van der Waals surface area contributed by atoms with E-state index in [1.54, 1.807) is 11.3 Å². The Kier molecular flexibility index (Phi) is 5.39. The summed E-state index contributed by atoms with van der Waals surface area (Å²) in [4.78, 5) is 1.29. The predicted octanol–water partition coefficient (Wildman–Crippen LogP) is 4.09. The van der Waals surface area contributed by atoms with Gasteiger partial charge >= 0.3 is 0 Å². The third-order valence-electron chi connectivity index (χ3n) is 3.36. The molecule has 0 aliphatic carbocycles. The molecule has 4 atom stereocenters. The second kappa shape index (κ2) is 6.62. The number of hydrogen-bond acceptors (Lipinski definition) is 4. The molecule has 4 unspecified atom stereocenters. The molecule has 0 aromatic carbocycles. The highest BCUT2D eigenvalue weighted by atomic mass is 35.5. The van der Waals surface area contributed by atoms with Gasteiger partial charge in [-0.3, -0.25) is 0 Å². The normalized spacial score (nSPS) is 27.3. The number of halogens is 1. The molecule has 1 saturated heterocycles. The first-order valence-electron chi connectivity index (χ1n) is 6.39. The Morgan fingerprint density at radius 3 is 2.89 bits per heavy atom. The van der Waals surface area contributed by atoms with Gasteiger partial charge in [0.15, 0.2) is 0 Å². The molecule has 1 aliphatic rings. The molecular formula is C13H20ClNOS2. The molecule has 1 aliphatic heterocycles. The summed E-state index contributed by atoms with van der Waals surface area (Å²) in [5.74, 6) is 0. The molecule has 18 heavy (non-hydrogen) atoms. The summed E-state index contributed by atoms with van der Waals surface area (Å²) in [5.41, 5.74) is 6.28. The van der Waals surface area contributed by atoms with Gasteiger partial charge in [-0.1, -0.05) is 18.5 Å². The van der Waals surface area contributed by atoms with Crippen LogP contribution in [0.3, 0.4) is 0 Å². The number of hydrogen-bond donors (Lipinski definition) is 1. The maximum Gasteiger partial charge on any atom is 0.0931 e. The summed E-state index contributed by atoms with van der Waals surface area (Å²) in [5, 5.41) is 0.884. The van der Waals surface area contributed by atoms with Crippen LogP contribution in [0.5, 0.6) is 0 Å². The van der Waals surface area contributed by atoms with Crippen LogP contribution in [0, 0.1) is 0 Å². The average Bonchev–Trinajstić information content (AvgIpc) is 2.94. The zero-order chi connectivity index (χ0) is 13.1. The van der Waals surface area contributed by atoms with Crippen molar-refractivity contribution in [3.8, 4) is 0 Å². The minimum atomic E-state index is 0.178. The smallest absolute Gasteiger partial charge is 0.0931 e. The van der Waals surface area contributed by atoms with Gasteiger partial charge in [0.2, 0.25) is 0 Å². The molecule has 0 bridgehead atoms. The second-order valence-corrected chi connectivity index (χ2v) is 7.81. The quantitative estimate of drug-likeness (QED) is 0.890. The summed E-state index contributed by atoms with van der Waals surface area (Å²) in [6, 6.07) is 4.25. The summed E-state index contributed by atoms with van der Waals surface area (Å²) in [7, 11) is 0. The molecule has 102 valence electrons. The Hall–Kier alpha value is 0.260. The van der Waals surface area contributed by atoms with E-state index in [2.05, 4.69) is 19.9 Å². The molecule has 0 radical (unpaired) electrons. The van der Waals surface area contributed by atoms with E-state index in [9.17, 15) is 0 Å². The fraction of sp³-hybridized carbons (Fsp3) is 0.692. The number of thioether (sulfide) groups is 1. The molecule has 1 fully saturated rings. The van der Waals surface area contributed by atoms with Crippen LogP contribution in [0.4, 0.5) is 0 Å². The third-order valence-corrected chi connectivity index (χ3v) is 6.69. The van der Waals surface area contributed by atoms with Crippen molar-refractivity contribution < 1.29 is 4.74 Å². The van der Waals surface area contributed by atoms with Crippen molar-refractivity contribution in [3.63, 3.8) is 0 Å². The maximum atomic E-state index is 6.28. The lowest BCUT2D eigenvalue weighted by Crippen LogP contribution is -2.28. The number of rotatable bonds is 5. The van der Waals surface area contributed by atoms with E-state index in [4.69, 9.17) is 22.1 Å². The Balaban J connectivity index is 2.10. The van der Waals surface area contributed by atoms with Crippen LogP contribution in [0.1, 0.15) is 36.8 Å². The Morgan fingerprint density at radius 1 is 1.61 bits per heavy atom. The molecule has 1 aromatic heterocycles. The molecule has 2 nitrogen and oxygen atoms in total. The summed E-state index contributed by atoms with van der Waals surface area (Å²) >= 11 is 9.65. The fourth-order valence-electron chi connectivity index (χ4n) is 2.15. The van der Waals surface area contributed by atoms with E-state index >= 15 is 0 Å². The predicted molar refractivity (Wildman–Crippen MR) is 81.7 cm³/mol. The zero-order valence-electron chi connectivity index (χ0n) is 10.8. The Morgan fingerprint density at radius 2 is 2.39 bits per heavy atom. The van der Waals surface area contributed by atoms with Gasteiger partial charge in [0, 0.05) is 22.8 Å². The molecule has 2 N–H and O–H groups in total. The number of nitrogens with two attached hydrogens (primary N) is 1. The van der Waals surface area contributed by atoms with Crippen molar-refractivity contribution >= 4 is 34.7 Å². The second-order valence-electron chi connectivity index (χ2n) is 4.67. The monoisotopic (exact) mass is 305 g/mol. The molecule has 2 heterocycles. The highest BCUT2D eigenvalue weighted by Crippen LogP contribution is 2.43. The fourth-order valence-corrected chi connectivity index (χ4v) is 5.10. The van der Waals surface area contributed by atoms with Crippen molar-refractivity contribution in [2.45, 2.75) is 49.3 Å². The van der Waals surface area contributed by atoms with Crippen LogP contribution < -0.4 is 5.73 Å². The molecule has 0 saturated carbocycles. The van der Waals surface area contributed by atoms with Crippen LogP contribution in [0.2, 0.25) is 4.34 Å². The first-order valence-corrected chi connectivity index (χ1v) is 8.53. The van der Waals surface area contributed by atoms with Gasteiger partial charge in [-0.25, -0.2) is 0 Å². The van der Waals surface area contributed by atoms with Crippen LogP contribution >= 0.6 is 34.7 Å². The van der Waals surface area contributed by atoms with Gasteiger partial charge in [0.25, 0.3) is 0 Å². The lowest BCUT2D eigenvalue weighted by atomic mass is 10.1. The van der Waals surface area contributed by atoms with E-state index < -0.39 is 0 Å². The van der Waals surface area contributed by atoms with Crippen molar-refractivity contribution in [2.24, 2.45) is 5.73 Å². The van der Waals surface area contributed by atoms with E-state index in [0.717, 1.165) is 23.8 Å². The van der Waals surface area contributed by atoms with Crippen molar-refractivity contribution in [3.05, 3.63) is 21.3 Å². The first kappa shape index (κ1) is 14.7. The standard InChI is InChI=1S/C13H20ClNOS2/c1-3-9(15)13(11-4-5-12(14)17-11)18-10-6-7-16-8(10)2/h4-5,8-10,13H,3,6-7,15H2,1-2H3. The van der Waals surface area contributed by atoms with Crippen molar-refractivity contribution in [2.75, 3.05) is 6.61 Å². The van der Waals surface area contributed by atoms with Gasteiger partial charge < -0.3 is 10.5 Å². The molecular weight excluding hydrogens is 286 g/mol. The van der Waals surface area contributed by atoms with Crippen molar-refractivity contribution in [1.29, 1.82) is 0 Å². The highest BCUT2D eigenvalue weighted by molar-refractivity contribution is 8.00. The highest BCUT2D eigenvalue weighted by Gasteiger charge is 2.31. The largest absolute Gasteiger partial charge is 0.377 e. The summed E-state index contributed by atoms with van der Waals surface area (Å²) < 4.78 is 6.48. The molecule has 5 heteroatoms. The lowest BCUT2D eigenvalue weighted by molar-refractivity contribution is 0.127. The Labute approximate surface area is 122 Å². The summed E-state index contributed by atoms with van der Waals surface area (Å²) in [6.45, 7) is 5.17. The number of ether oxygens (including phenoxy) is 1. The first-order chi connectivity index (χ1) is 8.61. The van der Waals surface area contributed by atoms with E-state index in [1.165, 1.54) is 4.88 Å². The van der Waals surface area contributed by atoms with Gasteiger partial charge in [-0.05, 0) is 31.9 Å². The van der Waals surface area contributed by atoms with E-state index in [-0.39, 0.29) is 6.04 Å².